The molecule has 0 spiro atoms. The number of amides is 1. The number of rotatable bonds is 5. The van der Waals surface area contributed by atoms with Crippen LogP contribution in [0.15, 0.2) is 48.5 Å². The fraction of sp³-hybridized carbons (Fsp3) is 0.381. The van der Waals surface area contributed by atoms with Gasteiger partial charge in [-0.1, -0.05) is 6.07 Å². The number of hydrogen-bond donors (Lipinski definition) is 1. The average molecular weight is 407 g/mol. The lowest BCUT2D eigenvalue weighted by Crippen LogP contribution is -2.52. The first-order valence-corrected chi connectivity index (χ1v) is 9.39. The van der Waals surface area contributed by atoms with Crippen LogP contribution in [0.4, 0.5) is 24.5 Å². The molecule has 1 amide bonds. The van der Waals surface area contributed by atoms with Crippen LogP contribution in [0, 0.1) is 0 Å². The zero-order valence-corrected chi connectivity index (χ0v) is 16.4. The number of nitrogens with zero attached hydrogens (tertiary/aromatic N) is 2. The Morgan fingerprint density at radius 2 is 1.72 bits per heavy atom. The molecule has 2 aromatic rings. The van der Waals surface area contributed by atoms with Crippen LogP contribution in [-0.4, -0.2) is 50.1 Å². The lowest BCUT2D eigenvalue weighted by molar-refractivity contribution is -0.137. The first-order chi connectivity index (χ1) is 13.8. The molecule has 8 heteroatoms. The van der Waals surface area contributed by atoms with E-state index in [0.29, 0.717) is 18.8 Å². The predicted octanol–water partition coefficient (Wildman–Crippen LogP) is 3.86. The van der Waals surface area contributed by atoms with Crippen molar-refractivity contribution in [1.29, 1.82) is 0 Å². The van der Waals surface area contributed by atoms with Crippen molar-refractivity contribution in [1.82, 2.24) is 4.90 Å². The second-order valence-electron chi connectivity index (χ2n) is 6.96. The van der Waals surface area contributed by atoms with Crippen molar-refractivity contribution in [2.75, 3.05) is 43.5 Å². The van der Waals surface area contributed by atoms with Crippen LogP contribution in [0.2, 0.25) is 0 Å². The molecule has 0 unspecified atom stereocenters. The molecule has 0 aromatic heterocycles. The number of nitrogens with one attached hydrogen (secondary N) is 1. The molecule has 156 valence electrons. The van der Waals surface area contributed by atoms with Gasteiger partial charge in [0.05, 0.1) is 18.7 Å². The maximum absolute atomic E-state index is 12.6. The normalized spacial score (nSPS) is 16.4. The van der Waals surface area contributed by atoms with Gasteiger partial charge in [0, 0.05) is 43.6 Å². The molecule has 1 heterocycles. The molecule has 1 N–H and O–H groups in total. The van der Waals surface area contributed by atoms with E-state index in [0.717, 1.165) is 36.7 Å². The lowest BCUT2D eigenvalue weighted by atomic mass is 10.1. The second kappa shape index (κ2) is 8.73. The topological polar surface area (TPSA) is 44.8 Å². The summed E-state index contributed by atoms with van der Waals surface area (Å²) in [6, 6.07) is 11.9. The molecule has 0 saturated carbocycles. The maximum Gasteiger partial charge on any atom is 0.416 e. The van der Waals surface area contributed by atoms with Gasteiger partial charge in [-0.05, 0) is 43.3 Å². The number of anilines is 2. The molecule has 1 aliphatic heterocycles. The van der Waals surface area contributed by atoms with E-state index in [9.17, 15) is 18.0 Å². The van der Waals surface area contributed by atoms with E-state index in [2.05, 4.69) is 15.1 Å². The van der Waals surface area contributed by atoms with Gasteiger partial charge in [-0.15, -0.1) is 0 Å². The van der Waals surface area contributed by atoms with Gasteiger partial charge in [-0.2, -0.15) is 13.2 Å². The van der Waals surface area contributed by atoms with Crippen LogP contribution < -0.4 is 15.0 Å². The summed E-state index contributed by atoms with van der Waals surface area (Å²) in [5, 5.41) is 2.70. The van der Waals surface area contributed by atoms with E-state index in [1.54, 1.807) is 14.0 Å². The molecular formula is C21H24F3N3O2. The molecule has 0 radical (unpaired) electrons. The van der Waals surface area contributed by atoms with Gasteiger partial charge in [0.25, 0.3) is 0 Å². The molecule has 0 aliphatic carbocycles. The van der Waals surface area contributed by atoms with Crippen molar-refractivity contribution in [3.8, 4) is 5.75 Å². The predicted molar refractivity (Wildman–Crippen MR) is 106 cm³/mol. The summed E-state index contributed by atoms with van der Waals surface area (Å²) in [7, 11) is 1.63. The largest absolute Gasteiger partial charge is 0.497 e. The van der Waals surface area contributed by atoms with Gasteiger partial charge >= 0.3 is 6.18 Å². The highest BCUT2D eigenvalue weighted by molar-refractivity contribution is 5.94. The SMILES string of the molecule is COc1cccc(N2CCN([C@@H](C)C(=O)Nc3ccc(C(F)(F)F)cc3)CC2)c1. The Labute approximate surface area is 168 Å². The molecule has 1 aliphatic rings. The molecule has 0 bridgehead atoms. The molecule has 1 fully saturated rings. The highest BCUT2D eigenvalue weighted by Crippen LogP contribution is 2.30. The molecule has 2 aromatic carbocycles. The summed E-state index contributed by atoms with van der Waals surface area (Å²) in [6.45, 7) is 4.76. The van der Waals surface area contributed by atoms with Crippen molar-refractivity contribution >= 4 is 17.3 Å². The Hall–Kier alpha value is -2.74. The number of halogens is 3. The number of benzene rings is 2. The Bertz CT molecular complexity index is 832. The fourth-order valence-electron chi connectivity index (χ4n) is 3.33. The van der Waals surface area contributed by atoms with Crippen LogP contribution in [0.3, 0.4) is 0 Å². The first kappa shape index (κ1) is 21.0. The minimum atomic E-state index is -4.39. The summed E-state index contributed by atoms with van der Waals surface area (Å²) in [4.78, 5) is 16.8. The summed E-state index contributed by atoms with van der Waals surface area (Å²) >= 11 is 0. The number of carbonyl (C=O) groups is 1. The van der Waals surface area contributed by atoms with Crippen molar-refractivity contribution in [3.63, 3.8) is 0 Å². The smallest absolute Gasteiger partial charge is 0.416 e. The van der Waals surface area contributed by atoms with Gasteiger partial charge < -0.3 is 15.0 Å². The van der Waals surface area contributed by atoms with E-state index in [1.807, 2.05) is 24.3 Å². The molecule has 3 rings (SSSR count). The Balaban J connectivity index is 1.54. The monoisotopic (exact) mass is 407 g/mol. The van der Waals surface area contributed by atoms with Crippen molar-refractivity contribution in [3.05, 3.63) is 54.1 Å². The zero-order chi connectivity index (χ0) is 21.0. The van der Waals surface area contributed by atoms with E-state index in [1.165, 1.54) is 12.1 Å². The number of ether oxygens (including phenoxy) is 1. The third-order valence-corrected chi connectivity index (χ3v) is 5.14. The highest BCUT2D eigenvalue weighted by atomic mass is 19.4. The third kappa shape index (κ3) is 5.20. The average Bonchev–Trinajstić information content (AvgIpc) is 2.73. The number of carbonyl (C=O) groups excluding carboxylic acids is 1. The van der Waals surface area contributed by atoms with Crippen molar-refractivity contribution < 1.29 is 22.7 Å². The number of piperazine rings is 1. The lowest BCUT2D eigenvalue weighted by Gasteiger charge is -2.38. The minimum Gasteiger partial charge on any atom is -0.497 e. The first-order valence-electron chi connectivity index (χ1n) is 9.39. The highest BCUT2D eigenvalue weighted by Gasteiger charge is 2.30. The van der Waals surface area contributed by atoms with E-state index in [-0.39, 0.29) is 11.9 Å². The van der Waals surface area contributed by atoms with E-state index >= 15 is 0 Å². The summed E-state index contributed by atoms with van der Waals surface area (Å²) in [5.74, 6) is 0.564. The van der Waals surface area contributed by atoms with Crippen LogP contribution in [-0.2, 0) is 11.0 Å². The number of alkyl halides is 3. The van der Waals surface area contributed by atoms with Gasteiger partial charge in [0.1, 0.15) is 5.75 Å². The van der Waals surface area contributed by atoms with Crippen LogP contribution in [0.5, 0.6) is 5.75 Å². The number of methoxy groups -OCH3 is 1. The van der Waals surface area contributed by atoms with Gasteiger partial charge in [0.2, 0.25) is 5.91 Å². The van der Waals surface area contributed by atoms with Gasteiger partial charge in [-0.25, -0.2) is 0 Å². The van der Waals surface area contributed by atoms with E-state index in [4.69, 9.17) is 4.74 Å². The van der Waals surface area contributed by atoms with Gasteiger partial charge in [0.15, 0.2) is 0 Å². The third-order valence-electron chi connectivity index (χ3n) is 5.14. The molecule has 1 atom stereocenters. The molecule has 1 saturated heterocycles. The summed E-state index contributed by atoms with van der Waals surface area (Å²) < 4.78 is 43.2. The standard InChI is InChI=1S/C21H24F3N3O2/c1-15(20(28)25-17-8-6-16(7-9-17)21(22,23)24)26-10-12-27(13-11-26)18-4-3-5-19(14-18)29-2/h3-9,14-15H,10-13H2,1-2H3,(H,25,28)/t15-/m0/s1. The fourth-order valence-corrected chi connectivity index (χ4v) is 3.33. The molecular weight excluding hydrogens is 383 g/mol. The Morgan fingerprint density at radius 1 is 1.07 bits per heavy atom. The van der Waals surface area contributed by atoms with Crippen LogP contribution in [0.1, 0.15) is 12.5 Å². The minimum absolute atomic E-state index is 0.236. The second-order valence-corrected chi connectivity index (χ2v) is 6.96. The zero-order valence-electron chi connectivity index (χ0n) is 16.4. The quantitative estimate of drug-likeness (QED) is 0.818. The van der Waals surface area contributed by atoms with E-state index < -0.39 is 11.7 Å². The van der Waals surface area contributed by atoms with Crippen LogP contribution in [0.25, 0.3) is 0 Å². The Kier molecular flexibility index (Phi) is 6.32. The van der Waals surface area contributed by atoms with Gasteiger partial charge in [-0.3, -0.25) is 9.69 Å². The Morgan fingerprint density at radius 3 is 2.31 bits per heavy atom. The molecule has 29 heavy (non-hydrogen) atoms. The number of hydrogen-bond acceptors (Lipinski definition) is 4. The van der Waals surface area contributed by atoms with Crippen molar-refractivity contribution in [2.45, 2.75) is 19.1 Å². The maximum atomic E-state index is 12.6. The van der Waals surface area contributed by atoms with Crippen LogP contribution >= 0.6 is 0 Å². The molecule has 5 nitrogen and oxygen atoms in total. The summed E-state index contributed by atoms with van der Waals surface area (Å²) in [5.41, 5.74) is 0.688. The van der Waals surface area contributed by atoms with Crippen molar-refractivity contribution in [2.24, 2.45) is 0 Å². The summed E-state index contributed by atoms with van der Waals surface area (Å²) in [6.07, 6.45) is -4.39.